The van der Waals surface area contributed by atoms with Crippen LogP contribution in [0.25, 0.3) is 11.3 Å². The summed E-state index contributed by atoms with van der Waals surface area (Å²) >= 11 is 1.43. The smallest absolute Gasteiger partial charge is 0.262 e. The highest BCUT2D eigenvalue weighted by Gasteiger charge is 2.17. The van der Waals surface area contributed by atoms with Crippen molar-refractivity contribution < 1.29 is 19.4 Å². The van der Waals surface area contributed by atoms with Gasteiger partial charge in [0, 0.05) is 22.6 Å². The summed E-state index contributed by atoms with van der Waals surface area (Å²) in [5, 5.41) is 19.7. The molecule has 8 nitrogen and oxygen atoms in total. The zero-order valence-corrected chi connectivity index (χ0v) is 18.3. The van der Waals surface area contributed by atoms with Crippen molar-refractivity contribution in [1.82, 2.24) is 4.68 Å². The Hall–Kier alpha value is -3.85. The molecule has 1 aromatic heterocycles. The van der Waals surface area contributed by atoms with Crippen LogP contribution < -0.4 is 19.6 Å². The van der Waals surface area contributed by atoms with Crippen LogP contribution in [0.5, 0.6) is 17.2 Å². The van der Waals surface area contributed by atoms with Gasteiger partial charge in [-0.3, -0.25) is 9.79 Å². The molecule has 0 radical (unpaired) electrons. The molecule has 4 rings (SSSR count). The normalized spacial score (nSPS) is 13.5. The predicted molar refractivity (Wildman–Crippen MR) is 125 cm³/mol. The third-order valence-corrected chi connectivity index (χ3v) is 5.43. The lowest BCUT2D eigenvalue weighted by atomic mass is 10.1. The first kappa shape index (κ1) is 21.4. The summed E-state index contributed by atoms with van der Waals surface area (Å²) < 4.78 is 12.6. The highest BCUT2D eigenvalue weighted by atomic mass is 32.1. The van der Waals surface area contributed by atoms with Gasteiger partial charge in [-0.1, -0.05) is 6.08 Å². The molecule has 1 aliphatic rings. The first-order chi connectivity index (χ1) is 15.6. The van der Waals surface area contributed by atoms with Crippen LogP contribution in [0.4, 0.5) is 5.69 Å². The minimum atomic E-state index is -0.196. The molecule has 3 aromatic rings. The monoisotopic (exact) mass is 450 g/mol. The van der Waals surface area contributed by atoms with Gasteiger partial charge in [-0.05, 0) is 37.3 Å². The number of fused-ring (bicyclic) bond motifs is 1. The number of amides is 1. The van der Waals surface area contributed by atoms with Crippen molar-refractivity contribution in [3.05, 3.63) is 64.8 Å². The molecule has 0 fully saturated rings. The molecule has 2 N–H and O–H groups in total. The average Bonchev–Trinajstić information content (AvgIpc) is 3.19. The third-order valence-electron chi connectivity index (χ3n) is 4.57. The van der Waals surface area contributed by atoms with Gasteiger partial charge in [-0.15, -0.1) is 17.9 Å². The number of ether oxygens (including phenoxy) is 2. The molecule has 0 saturated heterocycles. The Balaban J connectivity index is 1.74. The quantitative estimate of drug-likeness (QED) is 0.424. The van der Waals surface area contributed by atoms with Crippen LogP contribution >= 0.6 is 11.3 Å². The summed E-state index contributed by atoms with van der Waals surface area (Å²) in [7, 11) is 0. The SMILES string of the molecule is C=CCN=c1scc(-c2ccc3c(c2)NC(=O)CO3)n1N=Cc1ccc(OCC)cc1O. The number of carbonyl (C=O) groups is 1. The Morgan fingerprint density at radius 2 is 2.22 bits per heavy atom. The van der Waals surface area contributed by atoms with E-state index >= 15 is 0 Å². The number of aromatic hydroxyl groups is 1. The maximum atomic E-state index is 11.7. The number of phenolic OH excluding ortho intramolecular Hbond substituents is 1. The van der Waals surface area contributed by atoms with Crippen molar-refractivity contribution in [2.45, 2.75) is 6.92 Å². The number of thiazole rings is 1. The van der Waals surface area contributed by atoms with Gasteiger partial charge in [0.05, 0.1) is 30.7 Å². The lowest BCUT2D eigenvalue weighted by Gasteiger charge is -2.18. The summed E-state index contributed by atoms with van der Waals surface area (Å²) in [4.78, 5) is 16.9. The predicted octanol–water partition coefficient (Wildman–Crippen LogP) is 3.62. The average molecular weight is 451 g/mol. The summed E-state index contributed by atoms with van der Waals surface area (Å²) in [5.41, 5.74) is 2.76. The van der Waals surface area contributed by atoms with Crippen molar-refractivity contribution in [2.75, 3.05) is 25.1 Å². The van der Waals surface area contributed by atoms with Crippen molar-refractivity contribution in [3.8, 4) is 28.5 Å². The molecule has 0 unspecified atom stereocenters. The standard InChI is InChI=1S/C23H22N4O4S/c1-3-9-24-23-27(25-12-16-5-7-17(30-4-2)11-20(16)28)19(14-32-23)15-6-8-21-18(10-15)26-22(29)13-31-21/h3,5-8,10-12,14,28H,1,4,9,13H2,2H3,(H,26,29). The topological polar surface area (TPSA) is 97.4 Å². The minimum Gasteiger partial charge on any atom is -0.507 e. The number of nitrogens with zero attached hydrogens (tertiary/aromatic N) is 3. The number of benzene rings is 2. The first-order valence-electron chi connectivity index (χ1n) is 9.98. The van der Waals surface area contributed by atoms with E-state index in [0.717, 1.165) is 11.3 Å². The minimum absolute atomic E-state index is 0.00521. The van der Waals surface area contributed by atoms with E-state index in [4.69, 9.17) is 9.47 Å². The second-order valence-corrected chi connectivity index (χ2v) is 7.63. The number of nitrogens with one attached hydrogen (secondary N) is 1. The van der Waals surface area contributed by atoms with Crippen LogP contribution in [0.1, 0.15) is 12.5 Å². The van der Waals surface area contributed by atoms with Gasteiger partial charge in [0.2, 0.25) is 4.80 Å². The van der Waals surface area contributed by atoms with E-state index in [9.17, 15) is 9.90 Å². The van der Waals surface area contributed by atoms with Gasteiger partial charge < -0.3 is 19.9 Å². The van der Waals surface area contributed by atoms with Gasteiger partial charge in [-0.25, -0.2) is 4.68 Å². The molecule has 0 saturated carbocycles. The van der Waals surface area contributed by atoms with Gasteiger partial charge in [0.1, 0.15) is 17.2 Å². The van der Waals surface area contributed by atoms with Crippen LogP contribution in [-0.2, 0) is 4.79 Å². The lowest BCUT2D eigenvalue weighted by molar-refractivity contribution is -0.118. The second-order valence-electron chi connectivity index (χ2n) is 6.79. The van der Waals surface area contributed by atoms with Gasteiger partial charge in [0.15, 0.2) is 6.61 Å². The van der Waals surface area contributed by atoms with Crippen LogP contribution in [0.3, 0.4) is 0 Å². The number of hydrogen-bond acceptors (Lipinski definition) is 7. The number of aromatic nitrogens is 1. The fraction of sp³-hybridized carbons (Fsp3) is 0.174. The van der Waals surface area contributed by atoms with E-state index in [1.807, 2.05) is 30.5 Å². The molecule has 32 heavy (non-hydrogen) atoms. The van der Waals surface area contributed by atoms with E-state index in [0.29, 0.717) is 40.7 Å². The first-order valence-corrected chi connectivity index (χ1v) is 10.9. The number of carbonyl (C=O) groups excluding carboxylic acids is 1. The summed E-state index contributed by atoms with van der Waals surface area (Å²) in [6.07, 6.45) is 3.27. The lowest BCUT2D eigenvalue weighted by Crippen LogP contribution is -2.25. The molecule has 0 bridgehead atoms. The Labute approximate surface area is 188 Å². The highest BCUT2D eigenvalue weighted by Crippen LogP contribution is 2.33. The maximum Gasteiger partial charge on any atom is 0.262 e. The number of phenols is 1. The molecule has 0 atom stereocenters. The second kappa shape index (κ2) is 9.52. The van der Waals surface area contributed by atoms with Crippen molar-refractivity contribution >= 4 is 29.1 Å². The Morgan fingerprint density at radius 3 is 3.00 bits per heavy atom. The van der Waals surface area contributed by atoms with Crippen LogP contribution in [0.15, 0.2) is 64.5 Å². The molecule has 2 aromatic carbocycles. The third kappa shape index (κ3) is 4.57. The largest absolute Gasteiger partial charge is 0.507 e. The molecule has 0 spiro atoms. The number of anilines is 1. The fourth-order valence-corrected chi connectivity index (χ4v) is 3.96. The van der Waals surface area contributed by atoms with Crippen molar-refractivity contribution in [1.29, 1.82) is 0 Å². The zero-order valence-electron chi connectivity index (χ0n) is 17.4. The number of hydrogen-bond donors (Lipinski definition) is 2. The van der Waals surface area contributed by atoms with Crippen molar-refractivity contribution in [3.63, 3.8) is 0 Å². The Bertz CT molecular complexity index is 1260. The Morgan fingerprint density at radius 1 is 1.34 bits per heavy atom. The fourth-order valence-electron chi connectivity index (χ4n) is 3.11. The molecule has 1 amide bonds. The molecular formula is C23H22N4O4S. The van der Waals surface area contributed by atoms with E-state index in [-0.39, 0.29) is 18.3 Å². The van der Waals surface area contributed by atoms with Crippen molar-refractivity contribution in [2.24, 2.45) is 10.1 Å². The van der Waals surface area contributed by atoms with E-state index in [1.54, 1.807) is 35.2 Å². The van der Waals surface area contributed by atoms with Crippen LogP contribution in [0.2, 0.25) is 0 Å². The zero-order chi connectivity index (χ0) is 22.5. The summed E-state index contributed by atoms with van der Waals surface area (Å²) in [6, 6.07) is 10.6. The molecule has 164 valence electrons. The van der Waals surface area contributed by atoms with Gasteiger partial charge in [0.25, 0.3) is 5.91 Å². The van der Waals surface area contributed by atoms with Crippen LogP contribution in [0, 0.1) is 0 Å². The molecular weight excluding hydrogens is 428 g/mol. The van der Waals surface area contributed by atoms with E-state index in [1.165, 1.54) is 11.3 Å². The summed E-state index contributed by atoms with van der Waals surface area (Å²) in [5.74, 6) is 1.08. The Kier molecular flexibility index (Phi) is 6.37. The van der Waals surface area contributed by atoms with E-state index in [2.05, 4.69) is 22.0 Å². The van der Waals surface area contributed by atoms with Crippen LogP contribution in [-0.4, -0.2) is 41.7 Å². The molecule has 2 heterocycles. The van der Waals surface area contributed by atoms with E-state index < -0.39 is 0 Å². The maximum absolute atomic E-state index is 11.7. The van der Waals surface area contributed by atoms with Gasteiger partial charge in [-0.2, -0.15) is 5.10 Å². The molecule has 9 heteroatoms. The highest BCUT2D eigenvalue weighted by molar-refractivity contribution is 7.07. The summed E-state index contributed by atoms with van der Waals surface area (Å²) in [6.45, 7) is 6.56. The van der Waals surface area contributed by atoms with Gasteiger partial charge >= 0.3 is 0 Å². The number of rotatable bonds is 7. The molecule has 1 aliphatic heterocycles. The molecule has 0 aliphatic carbocycles.